The van der Waals surface area contributed by atoms with Gasteiger partial charge in [0.25, 0.3) is 0 Å². The van der Waals surface area contributed by atoms with E-state index in [2.05, 4.69) is 32.4 Å². The number of benzene rings is 1. The lowest BCUT2D eigenvalue weighted by molar-refractivity contribution is -0.113. The number of hydrogen-bond donors (Lipinski definition) is 1. The summed E-state index contributed by atoms with van der Waals surface area (Å²) in [5.41, 5.74) is 3.74. The number of anilines is 1. The molecule has 1 amide bonds. The Morgan fingerprint density at radius 3 is 2.85 bits per heavy atom. The van der Waals surface area contributed by atoms with E-state index in [0.29, 0.717) is 16.7 Å². The van der Waals surface area contributed by atoms with Gasteiger partial charge in [-0.1, -0.05) is 36.9 Å². The largest absolute Gasteiger partial charge is 0.325 e. The van der Waals surface area contributed by atoms with E-state index in [1.807, 2.05) is 36.7 Å². The summed E-state index contributed by atoms with van der Waals surface area (Å²) < 4.78 is 1.81. The van der Waals surface area contributed by atoms with E-state index in [4.69, 9.17) is 0 Å². The number of amides is 1. The highest BCUT2D eigenvalue weighted by atomic mass is 32.2. The molecular weight excluding hydrogens is 348 g/mol. The minimum Gasteiger partial charge on any atom is -0.325 e. The molecule has 0 atom stereocenters. The Hall–Kier alpha value is -2.74. The molecule has 0 bridgehead atoms. The van der Waals surface area contributed by atoms with Crippen molar-refractivity contribution in [1.82, 2.24) is 24.7 Å². The highest BCUT2D eigenvalue weighted by Crippen LogP contribution is 2.23. The number of aryl methyl sites for hydroxylation is 2. The SMILES string of the molecule is CCc1cccc(C)c1NC(=O)CSc1nnc(-c2cnccn2)n1C. The molecule has 3 aromatic rings. The molecule has 8 heteroatoms. The summed E-state index contributed by atoms with van der Waals surface area (Å²) in [4.78, 5) is 20.7. The maximum absolute atomic E-state index is 12.4. The second-order valence-corrected chi connectivity index (χ2v) is 6.70. The number of thioether (sulfide) groups is 1. The molecule has 1 aromatic carbocycles. The van der Waals surface area contributed by atoms with Crippen LogP contribution >= 0.6 is 11.8 Å². The van der Waals surface area contributed by atoms with Crippen LogP contribution in [0.2, 0.25) is 0 Å². The number of para-hydroxylation sites is 1. The Bertz CT molecular complexity index is 909. The van der Waals surface area contributed by atoms with E-state index in [1.165, 1.54) is 11.8 Å². The zero-order valence-electron chi connectivity index (χ0n) is 14.9. The van der Waals surface area contributed by atoms with Crippen molar-refractivity contribution in [2.75, 3.05) is 11.1 Å². The first-order valence-corrected chi connectivity index (χ1v) is 9.25. The molecule has 0 fully saturated rings. The summed E-state index contributed by atoms with van der Waals surface area (Å²) in [5, 5.41) is 12.0. The number of carbonyl (C=O) groups is 1. The first-order chi connectivity index (χ1) is 12.6. The summed E-state index contributed by atoms with van der Waals surface area (Å²) in [6, 6.07) is 6.04. The van der Waals surface area contributed by atoms with Crippen LogP contribution in [0.1, 0.15) is 18.1 Å². The average molecular weight is 368 g/mol. The van der Waals surface area contributed by atoms with Crippen LogP contribution in [-0.4, -0.2) is 36.4 Å². The summed E-state index contributed by atoms with van der Waals surface area (Å²) in [7, 11) is 1.85. The van der Waals surface area contributed by atoms with Crippen molar-refractivity contribution in [3.8, 4) is 11.5 Å². The third kappa shape index (κ3) is 3.91. The Balaban J connectivity index is 1.67. The van der Waals surface area contributed by atoms with Gasteiger partial charge < -0.3 is 9.88 Å². The monoisotopic (exact) mass is 368 g/mol. The molecule has 3 rings (SSSR count). The minimum absolute atomic E-state index is 0.0666. The zero-order chi connectivity index (χ0) is 18.5. The number of hydrogen-bond acceptors (Lipinski definition) is 6. The van der Waals surface area contributed by atoms with Crippen molar-refractivity contribution >= 4 is 23.4 Å². The standard InChI is InChI=1S/C18H20N6OS/c1-4-13-7-5-6-12(2)16(13)21-15(25)11-26-18-23-22-17(24(18)3)14-10-19-8-9-20-14/h5-10H,4,11H2,1-3H3,(H,21,25). The van der Waals surface area contributed by atoms with E-state index < -0.39 is 0 Å². The van der Waals surface area contributed by atoms with Crippen LogP contribution in [0.3, 0.4) is 0 Å². The quantitative estimate of drug-likeness (QED) is 0.674. The second-order valence-electron chi connectivity index (χ2n) is 5.76. The number of nitrogens with one attached hydrogen (secondary N) is 1. The van der Waals surface area contributed by atoms with Crippen LogP contribution in [0.4, 0.5) is 5.69 Å². The lowest BCUT2D eigenvalue weighted by atomic mass is 10.1. The van der Waals surface area contributed by atoms with Crippen LogP contribution in [0, 0.1) is 6.92 Å². The Kier molecular flexibility index (Phi) is 5.62. The van der Waals surface area contributed by atoms with Gasteiger partial charge in [-0.2, -0.15) is 0 Å². The molecule has 0 aliphatic rings. The van der Waals surface area contributed by atoms with E-state index in [-0.39, 0.29) is 11.7 Å². The van der Waals surface area contributed by atoms with Crippen molar-refractivity contribution < 1.29 is 4.79 Å². The van der Waals surface area contributed by atoms with E-state index in [9.17, 15) is 4.79 Å². The number of nitrogens with zero attached hydrogens (tertiary/aromatic N) is 5. The van der Waals surface area contributed by atoms with Gasteiger partial charge in [0.2, 0.25) is 5.91 Å². The molecule has 134 valence electrons. The maximum Gasteiger partial charge on any atom is 0.234 e. The molecular formula is C18H20N6OS. The highest BCUT2D eigenvalue weighted by molar-refractivity contribution is 7.99. The third-order valence-electron chi connectivity index (χ3n) is 3.96. The van der Waals surface area contributed by atoms with Gasteiger partial charge in [-0.25, -0.2) is 4.98 Å². The topological polar surface area (TPSA) is 85.6 Å². The fourth-order valence-corrected chi connectivity index (χ4v) is 3.30. The van der Waals surface area contributed by atoms with Crippen molar-refractivity contribution in [3.05, 3.63) is 47.9 Å². The van der Waals surface area contributed by atoms with Crippen molar-refractivity contribution in [2.45, 2.75) is 25.4 Å². The molecule has 0 saturated carbocycles. The molecule has 7 nitrogen and oxygen atoms in total. The molecule has 0 unspecified atom stereocenters. The third-order valence-corrected chi connectivity index (χ3v) is 4.98. The molecule has 0 radical (unpaired) electrons. The van der Waals surface area contributed by atoms with Gasteiger partial charge in [-0.3, -0.25) is 9.78 Å². The lowest BCUT2D eigenvalue weighted by Crippen LogP contribution is -2.16. The summed E-state index contributed by atoms with van der Waals surface area (Å²) in [6.45, 7) is 4.07. The van der Waals surface area contributed by atoms with Gasteiger partial charge in [-0.05, 0) is 24.5 Å². The van der Waals surface area contributed by atoms with Crippen molar-refractivity contribution in [1.29, 1.82) is 0 Å². The lowest BCUT2D eigenvalue weighted by Gasteiger charge is -2.12. The molecule has 1 N–H and O–H groups in total. The average Bonchev–Trinajstić information content (AvgIpc) is 3.03. The Labute approximate surface area is 156 Å². The molecule has 0 saturated heterocycles. The van der Waals surface area contributed by atoms with Crippen molar-refractivity contribution in [3.63, 3.8) is 0 Å². The van der Waals surface area contributed by atoms with Gasteiger partial charge in [0, 0.05) is 25.1 Å². The number of carbonyl (C=O) groups excluding carboxylic acids is 1. The van der Waals surface area contributed by atoms with Crippen molar-refractivity contribution in [2.24, 2.45) is 7.05 Å². The molecule has 0 aliphatic heterocycles. The van der Waals surface area contributed by atoms with Gasteiger partial charge in [0.1, 0.15) is 5.69 Å². The predicted octanol–water partition coefficient (Wildman–Crippen LogP) is 2.87. The van der Waals surface area contributed by atoms with E-state index in [1.54, 1.807) is 18.6 Å². The summed E-state index contributed by atoms with van der Waals surface area (Å²) in [6.07, 6.45) is 5.72. The molecule has 0 aliphatic carbocycles. The van der Waals surface area contributed by atoms with Gasteiger partial charge >= 0.3 is 0 Å². The van der Waals surface area contributed by atoms with Gasteiger partial charge in [0.15, 0.2) is 11.0 Å². The minimum atomic E-state index is -0.0666. The fraction of sp³-hybridized carbons (Fsp3) is 0.278. The normalized spacial score (nSPS) is 10.7. The Morgan fingerprint density at radius 2 is 2.12 bits per heavy atom. The molecule has 0 spiro atoms. The number of rotatable bonds is 6. The van der Waals surface area contributed by atoms with Crippen LogP contribution in [-0.2, 0) is 18.3 Å². The van der Waals surface area contributed by atoms with Gasteiger partial charge in [-0.15, -0.1) is 10.2 Å². The number of aromatic nitrogens is 5. The van der Waals surface area contributed by atoms with E-state index >= 15 is 0 Å². The smallest absolute Gasteiger partial charge is 0.234 e. The Morgan fingerprint density at radius 1 is 1.27 bits per heavy atom. The summed E-state index contributed by atoms with van der Waals surface area (Å²) >= 11 is 1.34. The maximum atomic E-state index is 12.4. The zero-order valence-corrected chi connectivity index (χ0v) is 15.7. The van der Waals surface area contributed by atoms with Crippen LogP contribution in [0.15, 0.2) is 41.9 Å². The van der Waals surface area contributed by atoms with Crippen LogP contribution in [0.25, 0.3) is 11.5 Å². The molecule has 2 aromatic heterocycles. The van der Waals surface area contributed by atoms with Gasteiger partial charge in [0.05, 0.1) is 11.9 Å². The van der Waals surface area contributed by atoms with Crippen LogP contribution < -0.4 is 5.32 Å². The molecule has 26 heavy (non-hydrogen) atoms. The first kappa shape index (κ1) is 18.1. The highest BCUT2D eigenvalue weighted by Gasteiger charge is 2.15. The van der Waals surface area contributed by atoms with E-state index in [0.717, 1.165) is 23.2 Å². The van der Waals surface area contributed by atoms with Crippen LogP contribution in [0.5, 0.6) is 0 Å². The first-order valence-electron chi connectivity index (χ1n) is 8.27. The fourth-order valence-electron chi connectivity index (χ4n) is 2.59. The predicted molar refractivity (Wildman–Crippen MR) is 102 cm³/mol. The molecule has 2 heterocycles. The second kappa shape index (κ2) is 8.09. The summed E-state index contributed by atoms with van der Waals surface area (Å²) in [5.74, 6) is 0.806.